The van der Waals surface area contributed by atoms with Crippen molar-refractivity contribution in [2.75, 3.05) is 26.2 Å². The molecule has 1 amide bonds. The van der Waals surface area contributed by atoms with E-state index in [0.717, 1.165) is 32.5 Å². The highest BCUT2D eigenvalue weighted by Gasteiger charge is 2.36. The lowest BCUT2D eigenvalue weighted by atomic mass is 9.95. The van der Waals surface area contributed by atoms with Crippen molar-refractivity contribution in [3.63, 3.8) is 0 Å². The number of aromatic amines is 1. The van der Waals surface area contributed by atoms with E-state index in [4.69, 9.17) is 0 Å². The van der Waals surface area contributed by atoms with Gasteiger partial charge in [-0.2, -0.15) is 0 Å². The summed E-state index contributed by atoms with van der Waals surface area (Å²) in [5, 5.41) is 0. The summed E-state index contributed by atoms with van der Waals surface area (Å²) >= 11 is 0. The second-order valence-electron chi connectivity index (χ2n) is 7.25. The van der Waals surface area contributed by atoms with E-state index < -0.39 is 0 Å². The summed E-state index contributed by atoms with van der Waals surface area (Å²) in [5.41, 5.74) is 1.13. The molecule has 0 radical (unpaired) electrons. The molecule has 0 unspecified atom stereocenters. The van der Waals surface area contributed by atoms with Crippen molar-refractivity contribution in [1.82, 2.24) is 19.8 Å². The van der Waals surface area contributed by atoms with Gasteiger partial charge in [-0.3, -0.25) is 14.5 Å². The van der Waals surface area contributed by atoms with Gasteiger partial charge in [-0.05, 0) is 39.5 Å². The van der Waals surface area contributed by atoms with E-state index in [0.29, 0.717) is 24.3 Å². The topological polar surface area (TPSA) is 69.3 Å². The molecule has 2 bridgehead atoms. The number of hydrogen-bond acceptors (Lipinski definition) is 4. The monoisotopic (exact) mass is 330 g/mol. The first-order valence-electron chi connectivity index (χ1n) is 8.66. The quantitative estimate of drug-likeness (QED) is 0.855. The minimum atomic E-state index is -0.342. The Bertz CT molecular complexity index is 705. The van der Waals surface area contributed by atoms with Crippen molar-refractivity contribution in [3.8, 4) is 0 Å². The zero-order chi connectivity index (χ0) is 17.3. The van der Waals surface area contributed by atoms with Gasteiger partial charge in [0.15, 0.2) is 0 Å². The molecule has 4 heterocycles. The third-order valence-electron chi connectivity index (χ3n) is 5.00. The van der Waals surface area contributed by atoms with Crippen molar-refractivity contribution in [1.29, 1.82) is 0 Å². The minimum absolute atomic E-state index is 0.151. The molecule has 2 atom stereocenters. The Morgan fingerprint density at radius 2 is 2.12 bits per heavy atom. The molecule has 0 saturated carbocycles. The molecular formula is C18H26N4O2. The highest BCUT2D eigenvalue weighted by atomic mass is 16.2. The van der Waals surface area contributed by atoms with Crippen LogP contribution in [0.25, 0.3) is 0 Å². The van der Waals surface area contributed by atoms with E-state index in [1.54, 1.807) is 6.92 Å². The SMILES string of the molecule is CC(C)=CCN1C[C@H]2CC[C@@H]1CN(C(=O)c1cnc(C)[nH]c1=O)C2. The lowest BCUT2D eigenvalue weighted by Crippen LogP contribution is -2.44. The maximum absolute atomic E-state index is 12.8. The Balaban J connectivity index is 1.77. The van der Waals surface area contributed by atoms with E-state index in [1.807, 2.05) is 4.90 Å². The van der Waals surface area contributed by atoms with Crippen LogP contribution in [0.15, 0.2) is 22.6 Å². The lowest BCUT2D eigenvalue weighted by Gasteiger charge is -2.35. The smallest absolute Gasteiger partial charge is 0.263 e. The number of hydrogen-bond donors (Lipinski definition) is 1. The maximum atomic E-state index is 12.8. The molecule has 6 nitrogen and oxygen atoms in total. The summed E-state index contributed by atoms with van der Waals surface area (Å²) in [4.78, 5) is 35.9. The van der Waals surface area contributed by atoms with Gasteiger partial charge in [0.2, 0.25) is 0 Å². The van der Waals surface area contributed by atoms with Crippen LogP contribution in [0.1, 0.15) is 42.9 Å². The first kappa shape index (κ1) is 16.9. The number of H-pyrrole nitrogens is 1. The van der Waals surface area contributed by atoms with Crippen molar-refractivity contribution in [2.45, 2.75) is 39.7 Å². The van der Waals surface area contributed by atoms with Gasteiger partial charge in [0.1, 0.15) is 11.4 Å². The van der Waals surface area contributed by atoms with Crippen molar-refractivity contribution in [2.24, 2.45) is 5.92 Å². The average molecular weight is 330 g/mol. The van der Waals surface area contributed by atoms with E-state index >= 15 is 0 Å². The van der Waals surface area contributed by atoms with Crippen molar-refractivity contribution >= 4 is 5.91 Å². The number of aromatic nitrogens is 2. The number of rotatable bonds is 3. The molecule has 0 spiro atoms. The predicted octanol–water partition coefficient (Wildman–Crippen LogP) is 1.58. The average Bonchev–Trinajstić information content (AvgIpc) is 2.84. The molecule has 3 fully saturated rings. The number of fused-ring (bicyclic) bond motifs is 4. The van der Waals surface area contributed by atoms with Gasteiger partial charge in [0, 0.05) is 38.4 Å². The van der Waals surface area contributed by atoms with E-state index in [-0.39, 0.29) is 17.0 Å². The summed E-state index contributed by atoms with van der Waals surface area (Å²) in [6.45, 7) is 9.33. The lowest BCUT2D eigenvalue weighted by molar-refractivity contribution is 0.0738. The second-order valence-corrected chi connectivity index (χ2v) is 7.25. The van der Waals surface area contributed by atoms with Gasteiger partial charge in [-0.1, -0.05) is 11.6 Å². The van der Waals surface area contributed by atoms with Crippen LogP contribution in [0.3, 0.4) is 0 Å². The number of allylic oxidation sites excluding steroid dienone is 1. The third kappa shape index (κ3) is 3.59. The maximum Gasteiger partial charge on any atom is 0.263 e. The van der Waals surface area contributed by atoms with Gasteiger partial charge in [-0.25, -0.2) is 4.98 Å². The van der Waals surface area contributed by atoms with E-state index in [9.17, 15) is 9.59 Å². The molecule has 4 rings (SSSR count). The fraction of sp³-hybridized carbons (Fsp3) is 0.611. The normalized spacial score (nSPS) is 23.9. The summed E-state index contributed by atoms with van der Waals surface area (Å²) in [6.07, 6.45) is 5.93. The minimum Gasteiger partial charge on any atom is -0.337 e. The molecule has 1 N–H and O–H groups in total. The zero-order valence-electron chi connectivity index (χ0n) is 14.7. The van der Waals surface area contributed by atoms with Gasteiger partial charge in [-0.15, -0.1) is 0 Å². The first-order chi connectivity index (χ1) is 11.4. The van der Waals surface area contributed by atoms with Gasteiger partial charge >= 0.3 is 0 Å². The molecule has 0 aromatic carbocycles. The Kier molecular flexibility index (Phi) is 4.85. The van der Waals surface area contributed by atoms with Crippen LogP contribution in [-0.2, 0) is 0 Å². The van der Waals surface area contributed by atoms with Crippen LogP contribution in [-0.4, -0.2) is 57.9 Å². The molecule has 1 aromatic heterocycles. The first-order valence-corrected chi connectivity index (χ1v) is 8.66. The summed E-state index contributed by atoms with van der Waals surface area (Å²) < 4.78 is 0. The molecule has 24 heavy (non-hydrogen) atoms. The van der Waals surface area contributed by atoms with Crippen LogP contribution in [0.5, 0.6) is 0 Å². The number of piperidine rings is 1. The number of amides is 1. The highest BCUT2D eigenvalue weighted by molar-refractivity contribution is 5.93. The van der Waals surface area contributed by atoms with Crippen LogP contribution < -0.4 is 5.56 Å². The Morgan fingerprint density at radius 3 is 2.83 bits per heavy atom. The van der Waals surface area contributed by atoms with Gasteiger partial charge in [0.05, 0.1) is 0 Å². The standard InChI is InChI=1S/C18H26N4O2/c1-12(2)6-7-21-9-14-4-5-15(21)11-22(10-14)18(24)16-8-19-13(3)20-17(16)23/h6,8,14-15H,4-5,7,9-11H2,1-3H3,(H,19,20,23)/t14-,15-/m1/s1. The van der Waals surface area contributed by atoms with E-state index in [2.05, 4.69) is 34.8 Å². The number of carbonyl (C=O) groups is 1. The fourth-order valence-electron chi connectivity index (χ4n) is 3.67. The van der Waals surface area contributed by atoms with Crippen molar-refractivity contribution in [3.05, 3.63) is 39.6 Å². The fourth-order valence-corrected chi connectivity index (χ4v) is 3.67. The molecule has 130 valence electrons. The number of aryl methyl sites for hydroxylation is 1. The van der Waals surface area contributed by atoms with E-state index in [1.165, 1.54) is 11.8 Å². The largest absolute Gasteiger partial charge is 0.337 e. The molecule has 6 heteroatoms. The molecule has 3 aliphatic heterocycles. The van der Waals surface area contributed by atoms with Crippen LogP contribution in [0.4, 0.5) is 0 Å². The number of nitrogens with zero attached hydrogens (tertiary/aromatic N) is 3. The summed E-state index contributed by atoms with van der Waals surface area (Å²) in [5.74, 6) is 0.820. The van der Waals surface area contributed by atoms with Gasteiger partial charge < -0.3 is 9.88 Å². The number of nitrogens with one attached hydrogen (secondary N) is 1. The van der Waals surface area contributed by atoms with Crippen LogP contribution in [0, 0.1) is 12.8 Å². The Labute approximate surface area is 142 Å². The second kappa shape index (κ2) is 6.89. The Hall–Kier alpha value is -1.95. The highest BCUT2D eigenvalue weighted by Crippen LogP contribution is 2.28. The summed E-state index contributed by atoms with van der Waals surface area (Å²) in [6, 6.07) is 0.376. The third-order valence-corrected chi connectivity index (χ3v) is 5.00. The molecule has 3 saturated heterocycles. The molecular weight excluding hydrogens is 304 g/mol. The molecule has 0 aliphatic carbocycles. The number of carbonyl (C=O) groups excluding carboxylic acids is 1. The molecule has 3 aliphatic rings. The van der Waals surface area contributed by atoms with Crippen LogP contribution in [0.2, 0.25) is 0 Å². The summed E-state index contributed by atoms with van der Waals surface area (Å²) in [7, 11) is 0. The van der Waals surface area contributed by atoms with Crippen molar-refractivity contribution < 1.29 is 4.79 Å². The predicted molar refractivity (Wildman–Crippen MR) is 93.0 cm³/mol. The Morgan fingerprint density at radius 1 is 1.33 bits per heavy atom. The van der Waals surface area contributed by atoms with Gasteiger partial charge in [0.25, 0.3) is 11.5 Å². The van der Waals surface area contributed by atoms with Crippen LogP contribution >= 0.6 is 0 Å². The molecule has 1 aromatic rings. The zero-order valence-corrected chi connectivity index (χ0v) is 14.7.